The summed E-state index contributed by atoms with van der Waals surface area (Å²) in [5.74, 6) is 1.12. The molecule has 2 unspecified atom stereocenters. The maximum absolute atomic E-state index is 12.0. The fourth-order valence-electron chi connectivity index (χ4n) is 2.06. The van der Waals surface area contributed by atoms with Gasteiger partial charge in [0, 0.05) is 0 Å². The van der Waals surface area contributed by atoms with Gasteiger partial charge < -0.3 is 15.8 Å². The van der Waals surface area contributed by atoms with Crippen molar-refractivity contribution in [3.8, 4) is 5.75 Å². The van der Waals surface area contributed by atoms with Gasteiger partial charge in [-0.05, 0) is 43.9 Å². The SMILES string of the molecule is CCOc1cccc(C(C)NC(=O)C(N)CC(C)C)c1. The number of rotatable bonds is 7. The van der Waals surface area contributed by atoms with Crippen molar-refractivity contribution in [2.45, 2.75) is 46.2 Å². The summed E-state index contributed by atoms with van der Waals surface area (Å²) in [5.41, 5.74) is 6.90. The minimum atomic E-state index is -0.451. The van der Waals surface area contributed by atoms with Gasteiger partial charge in [-0.15, -0.1) is 0 Å². The van der Waals surface area contributed by atoms with E-state index >= 15 is 0 Å². The first-order valence-corrected chi connectivity index (χ1v) is 7.22. The number of ether oxygens (including phenoxy) is 1. The molecule has 0 bridgehead atoms. The molecule has 0 spiro atoms. The van der Waals surface area contributed by atoms with E-state index in [1.165, 1.54) is 0 Å². The van der Waals surface area contributed by atoms with Gasteiger partial charge in [0.1, 0.15) is 5.75 Å². The summed E-state index contributed by atoms with van der Waals surface area (Å²) in [6, 6.07) is 7.22. The van der Waals surface area contributed by atoms with Crippen LogP contribution in [0.2, 0.25) is 0 Å². The van der Waals surface area contributed by atoms with Crippen LogP contribution in [0.4, 0.5) is 0 Å². The molecule has 1 aromatic rings. The van der Waals surface area contributed by atoms with E-state index < -0.39 is 6.04 Å². The average molecular weight is 278 g/mol. The molecular formula is C16H26N2O2. The Kier molecular flexibility index (Phi) is 6.52. The third kappa shape index (κ3) is 5.21. The third-order valence-electron chi connectivity index (χ3n) is 3.09. The molecule has 112 valence electrons. The number of benzene rings is 1. The summed E-state index contributed by atoms with van der Waals surface area (Å²) in [6.07, 6.45) is 0.692. The fraction of sp³-hybridized carbons (Fsp3) is 0.562. The largest absolute Gasteiger partial charge is 0.494 e. The summed E-state index contributed by atoms with van der Waals surface area (Å²) in [6.45, 7) is 8.64. The van der Waals surface area contributed by atoms with Gasteiger partial charge >= 0.3 is 0 Å². The number of hydrogen-bond donors (Lipinski definition) is 2. The van der Waals surface area contributed by atoms with Crippen molar-refractivity contribution in [2.24, 2.45) is 11.7 Å². The fourth-order valence-corrected chi connectivity index (χ4v) is 2.06. The molecule has 4 nitrogen and oxygen atoms in total. The van der Waals surface area contributed by atoms with Crippen LogP contribution in [0.1, 0.15) is 45.7 Å². The lowest BCUT2D eigenvalue weighted by molar-refractivity contribution is -0.123. The zero-order valence-corrected chi connectivity index (χ0v) is 12.8. The molecule has 1 amide bonds. The maximum Gasteiger partial charge on any atom is 0.237 e. The zero-order valence-electron chi connectivity index (χ0n) is 12.8. The Morgan fingerprint density at radius 1 is 1.35 bits per heavy atom. The van der Waals surface area contributed by atoms with Crippen molar-refractivity contribution in [3.05, 3.63) is 29.8 Å². The second-order valence-corrected chi connectivity index (χ2v) is 5.47. The van der Waals surface area contributed by atoms with Gasteiger partial charge in [-0.25, -0.2) is 0 Å². The number of nitrogens with two attached hydrogens (primary N) is 1. The smallest absolute Gasteiger partial charge is 0.237 e. The molecular weight excluding hydrogens is 252 g/mol. The Morgan fingerprint density at radius 2 is 2.05 bits per heavy atom. The highest BCUT2D eigenvalue weighted by Gasteiger charge is 2.17. The molecule has 0 aliphatic heterocycles. The van der Waals surface area contributed by atoms with Crippen LogP contribution in [-0.4, -0.2) is 18.6 Å². The summed E-state index contributed by atoms with van der Waals surface area (Å²) < 4.78 is 5.46. The number of amides is 1. The molecule has 20 heavy (non-hydrogen) atoms. The van der Waals surface area contributed by atoms with E-state index in [9.17, 15) is 4.79 Å². The van der Waals surface area contributed by atoms with Crippen LogP contribution in [0, 0.1) is 5.92 Å². The molecule has 0 saturated heterocycles. The number of carbonyl (C=O) groups excluding carboxylic acids is 1. The molecule has 1 rings (SSSR count). The van der Waals surface area contributed by atoms with Gasteiger partial charge in [0.15, 0.2) is 0 Å². The lowest BCUT2D eigenvalue weighted by Crippen LogP contribution is -2.42. The van der Waals surface area contributed by atoms with Crippen molar-refractivity contribution < 1.29 is 9.53 Å². The molecule has 0 aliphatic carbocycles. The Morgan fingerprint density at radius 3 is 2.65 bits per heavy atom. The highest BCUT2D eigenvalue weighted by atomic mass is 16.5. The summed E-state index contributed by atoms with van der Waals surface area (Å²) in [7, 11) is 0. The predicted octanol–water partition coefficient (Wildman–Crippen LogP) is 2.64. The first-order chi connectivity index (χ1) is 9.43. The number of carbonyl (C=O) groups is 1. The topological polar surface area (TPSA) is 64.3 Å². The van der Waals surface area contributed by atoms with Gasteiger partial charge in [0.05, 0.1) is 18.7 Å². The second kappa shape index (κ2) is 7.90. The van der Waals surface area contributed by atoms with Crippen LogP contribution in [0.25, 0.3) is 0 Å². The van der Waals surface area contributed by atoms with Gasteiger partial charge in [-0.1, -0.05) is 26.0 Å². The Labute approximate surface area is 121 Å². The standard InChI is InChI=1S/C16H26N2O2/c1-5-20-14-8-6-7-13(10-14)12(4)18-16(19)15(17)9-11(2)3/h6-8,10-12,15H,5,9,17H2,1-4H3,(H,18,19). The summed E-state index contributed by atoms with van der Waals surface area (Å²) in [4.78, 5) is 12.0. The molecule has 1 aromatic carbocycles. The van der Waals surface area contributed by atoms with Crippen LogP contribution in [0.3, 0.4) is 0 Å². The van der Waals surface area contributed by atoms with Crippen molar-refractivity contribution in [2.75, 3.05) is 6.61 Å². The molecule has 2 atom stereocenters. The van der Waals surface area contributed by atoms with Crippen molar-refractivity contribution >= 4 is 5.91 Å². The molecule has 3 N–H and O–H groups in total. The first kappa shape index (κ1) is 16.5. The van der Waals surface area contributed by atoms with Crippen LogP contribution in [0.5, 0.6) is 5.75 Å². The van der Waals surface area contributed by atoms with E-state index in [-0.39, 0.29) is 11.9 Å². The zero-order chi connectivity index (χ0) is 15.1. The minimum Gasteiger partial charge on any atom is -0.494 e. The van der Waals surface area contributed by atoms with Crippen LogP contribution in [-0.2, 0) is 4.79 Å². The highest BCUT2D eigenvalue weighted by Crippen LogP contribution is 2.19. The molecule has 0 aromatic heterocycles. The van der Waals surface area contributed by atoms with E-state index in [0.717, 1.165) is 11.3 Å². The van der Waals surface area contributed by atoms with Gasteiger partial charge in [-0.3, -0.25) is 4.79 Å². The van der Waals surface area contributed by atoms with Gasteiger partial charge in [0.25, 0.3) is 0 Å². The molecule has 0 aliphatic rings. The average Bonchev–Trinajstić information content (AvgIpc) is 2.38. The van der Waals surface area contributed by atoms with Crippen molar-refractivity contribution in [3.63, 3.8) is 0 Å². The Bertz CT molecular complexity index is 432. The van der Waals surface area contributed by atoms with E-state index in [4.69, 9.17) is 10.5 Å². The molecule has 0 fully saturated rings. The molecule has 0 heterocycles. The van der Waals surface area contributed by atoms with Crippen LogP contribution < -0.4 is 15.8 Å². The van der Waals surface area contributed by atoms with Gasteiger partial charge in [0.2, 0.25) is 5.91 Å². The predicted molar refractivity (Wildman–Crippen MR) is 81.6 cm³/mol. The number of nitrogens with one attached hydrogen (secondary N) is 1. The van der Waals surface area contributed by atoms with Crippen molar-refractivity contribution in [1.82, 2.24) is 5.32 Å². The summed E-state index contributed by atoms with van der Waals surface area (Å²) in [5, 5.41) is 2.95. The highest BCUT2D eigenvalue weighted by molar-refractivity contribution is 5.81. The van der Waals surface area contributed by atoms with Gasteiger partial charge in [-0.2, -0.15) is 0 Å². The van der Waals surface area contributed by atoms with E-state index in [1.807, 2.05) is 38.1 Å². The Balaban J connectivity index is 2.63. The van der Waals surface area contributed by atoms with E-state index in [2.05, 4.69) is 19.2 Å². The third-order valence-corrected chi connectivity index (χ3v) is 3.09. The lowest BCUT2D eigenvalue weighted by atomic mass is 10.0. The molecule has 0 saturated carbocycles. The molecule has 0 radical (unpaired) electrons. The minimum absolute atomic E-state index is 0.0823. The quantitative estimate of drug-likeness (QED) is 0.806. The van der Waals surface area contributed by atoms with Crippen LogP contribution >= 0.6 is 0 Å². The van der Waals surface area contributed by atoms with Crippen LogP contribution in [0.15, 0.2) is 24.3 Å². The normalized spacial score (nSPS) is 13.9. The van der Waals surface area contributed by atoms with Crippen molar-refractivity contribution in [1.29, 1.82) is 0 Å². The monoisotopic (exact) mass is 278 g/mol. The maximum atomic E-state index is 12.0. The van der Waals surface area contributed by atoms with E-state index in [0.29, 0.717) is 18.9 Å². The summed E-state index contributed by atoms with van der Waals surface area (Å²) >= 11 is 0. The lowest BCUT2D eigenvalue weighted by Gasteiger charge is -2.19. The molecule has 4 heteroatoms. The van der Waals surface area contributed by atoms with E-state index in [1.54, 1.807) is 0 Å². The number of hydrogen-bond acceptors (Lipinski definition) is 3. The Hall–Kier alpha value is -1.55. The first-order valence-electron chi connectivity index (χ1n) is 7.22. The second-order valence-electron chi connectivity index (χ2n) is 5.47.